The van der Waals surface area contributed by atoms with Crippen LogP contribution in [0.2, 0.25) is 0 Å². The molecule has 0 aliphatic heterocycles. The number of carbonyl (C=O) groups is 1. The van der Waals surface area contributed by atoms with E-state index in [1.807, 2.05) is 18.2 Å². The molecule has 2 aromatic carbocycles. The molecule has 16 heavy (non-hydrogen) atoms. The molecule has 0 spiro atoms. The molecular weight excluding hydrogens is 226 g/mol. The van der Waals surface area contributed by atoms with E-state index in [9.17, 15) is 9.90 Å². The summed E-state index contributed by atoms with van der Waals surface area (Å²) in [5.74, 6) is -1.32. The summed E-state index contributed by atoms with van der Waals surface area (Å²) in [6.45, 7) is 0. The van der Waals surface area contributed by atoms with E-state index >= 15 is 0 Å². The predicted molar refractivity (Wildman–Crippen MR) is 54.8 cm³/mol. The molecule has 0 saturated heterocycles. The van der Waals surface area contributed by atoms with Gasteiger partial charge in [0.2, 0.25) is 0 Å². The average Bonchev–Trinajstić information content (AvgIpc) is 2.16. The van der Waals surface area contributed by atoms with Crippen LogP contribution in [0.4, 0.5) is 0 Å². The van der Waals surface area contributed by atoms with E-state index in [2.05, 4.69) is 0 Å². The summed E-state index contributed by atoms with van der Waals surface area (Å²) in [7, 11) is 0. The van der Waals surface area contributed by atoms with Crippen LogP contribution in [0.1, 0.15) is 13.2 Å². The van der Waals surface area contributed by atoms with Gasteiger partial charge in [0.15, 0.2) is 0 Å². The smallest absolute Gasteiger partial charge is 1.00 e. The van der Waals surface area contributed by atoms with Crippen LogP contribution in [0.25, 0.3) is 10.8 Å². The Bertz CT molecular complexity index is 521. The Hall–Kier alpha value is -0.0300. The zero-order valence-corrected chi connectivity index (χ0v) is 13.3. The fourth-order valence-corrected chi connectivity index (χ4v) is 1.40. The van der Waals surface area contributed by atoms with Gasteiger partial charge in [0.05, 0.1) is 0 Å². The van der Waals surface area contributed by atoms with E-state index in [4.69, 9.17) is 5.11 Å². The van der Waals surface area contributed by atoms with Crippen LogP contribution >= 0.6 is 0 Å². The van der Waals surface area contributed by atoms with Crippen molar-refractivity contribution in [2.75, 3.05) is 0 Å². The molecule has 0 atom stereocenters. The Morgan fingerprint density at radius 1 is 1.06 bits per heavy atom. The maximum absolute atomic E-state index is 10.7. The second-order valence-corrected chi connectivity index (χ2v) is 3.02. The average molecular weight is 236 g/mol. The maximum atomic E-state index is 10.7. The zero-order chi connectivity index (χ0) is 10.1. The molecule has 0 aliphatic rings. The first-order chi connectivity index (χ1) is 6.68. The predicted octanol–water partition coefficient (Wildman–Crippen LogP) is -3.52. The first-order valence-electron chi connectivity index (χ1n) is 4.13. The van der Waals surface area contributed by atoms with Gasteiger partial charge < -0.3 is 13.1 Å². The second-order valence-electron chi connectivity index (χ2n) is 3.02. The molecule has 0 bridgehead atoms. The van der Waals surface area contributed by atoms with E-state index < -0.39 is 5.97 Å². The molecule has 0 aliphatic carbocycles. The van der Waals surface area contributed by atoms with Crippen molar-refractivity contribution < 1.29 is 77.0 Å². The zero-order valence-electron chi connectivity index (χ0n) is 11.3. The third kappa shape index (κ3) is 3.23. The summed E-state index contributed by atoms with van der Waals surface area (Å²) >= 11 is 0. The van der Waals surface area contributed by atoms with Gasteiger partial charge >= 0.3 is 65.1 Å². The minimum atomic E-state index is -1.12. The summed E-state index contributed by atoms with van der Waals surface area (Å²) in [6.07, 6.45) is 0. The van der Waals surface area contributed by atoms with E-state index in [0.717, 1.165) is 10.8 Å². The SMILES string of the molecule is O=C(O)c1cc2ccccc2cc1O.[H-].[H-].[Na+].[Na+]. The van der Waals surface area contributed by atoms with Crippen LogP contribution < -0.4 is 59.1 Å². The molecule has 74 valence electrons. The third-order valence-electron chi connectivity index (χ3n) is 2.09. The minimum absolute atomic E-state index is 0. The van der Waals surface area contributed by atoms with Crippen molar-refractivity contribution in [3.63, 3.8) is 0 Å². The molecule has 2 rings (SSSR count). The fraction of sp³-hybridized carbons (Fsp3) is 0. The van der Waals surface area contributed by atoms with Crippen LogP contribution in [-0.4, -0.2) is 16.2 Å². The van der Waals surface area contributed by atoms with E-state index in [1.54, 1.807) is 6.07 Å². The first-order valence-corrected chi connectivity index (χ1v) is 4.13. The van der Waals surface area contributed by atoms with Gasteiger partial charge in [-0.05, 0) is 22.9 Å². The van der Waals surface area contributed by atoms with Gasteiger partial charge in [-0.1, -0.05) is 24.3 Å². The topological polar surface area (TPSA) is 57.5 Å². The molecule has 5 heteroatoms. The number of benzene rings is 2. The number of aromatic hydroxyl groups is 1. The van der Waals surface area contributed by atoms with Crippen molar-refractivity contribution in [1.29, 1.82) is 0 Å². The largest absolute Gasteiger partial charge is 1.00 e. The van der Waals surface area contributed by atoms with E-state index in [-0.39, 0.29) is 73.3 Å². The van der Waals surface area contributed by atoms with Crippen molar-refractivity contribution in [3.8, 4) is 5.75 Å². The van der Waals surface area contributed by atoms with Gasteiger partial charge in [-0.2, -0.15) is 0 Å². The summed E-state index contributed by atoms with van der Waals surface area (Å²) in [5, 5.41) is 19.8. The number of hydrogen-bond donors (Lipinski definition) is 2. The molecule has 0 saturated carbocycles. The Morgan fingerprint density at radius 2 is 1.56 bits per heavy atom. The number of phenols is 1. The fourth-order valence-electron chi connectivity index (χ4n) is 1.40. The van der Waals surface area contributed by atoms with Crippen molar-refractivity contribution >= 4 is 16.7 Å². The molecule has 0 radical (unpaired) electrons. The molecular formula is C11H10Na2O3. The molecule has 0 aromatic heterocycles. The number of carboxylic acid groups (broad SMARTS) is 1. The number of aromatic carboxylic acids is 1. The van der Waals surface area contributed by atoms with Gasteiger partial charge in [-0.15, -0.1) is 0 Å². The molecule has 2 aromatic rings. The van der Waals surface area contributed by atoms with Gasteiger partial charge in [0.1, 0.15) is 11.3 Å². The summed E-state index contributed by atoms with van der Waals surface area (Å²) in [4.78, 5) is 10.7. The molecule has 0 fully saturated rings. The van der Waals surface area contributed by atoms with Crippen LogP contribution in [-0.2, 0) is 0 Å². The van der Waals surface area contributed by atoms with Gasteiger partial charge in [0, 0.05) is 0 Å². The van der Waals surface area contributed by atoms with Crippen molar-refractivity contribution in [2.24, 2.45) is 0 Å². The first kappa shape index (κ1) is 16.0. The molecule has 2 N–H and O–H groups in total. The van der Waals surface area contributed by atoms with Crippen molar-refractivity contribution in [2.45, 2.75) is 0 Å². The van der Waals surface area contributed by atoms with Gasteiger partial charge in [0.25, 0.3) is 0 Å². The van der Waals surface area contributed by atoms with Crippen LogP contribution in [0, 0.1) is 0 Å². The second kappa shape index (κ2) is 6.64. The summed E-state index contributed by atoms with van der Waals surface area (Å²) in [5.41, 5.74) is -0.0660. The third-order valence-corrected chi connectivity index (χ3v) is 2.09. The van der Waals surface area contributed by atoms with Gasteiger partial charge in [-0.3, -0.25) is 0 Å². The number of fused-ring (bicyclic) bond motifs is 1. The number of carboxylic acids is 1. The molecule has 0 amide bonds. The Kier molecular flexibility index (Phi) is 6.63. The van der Waals surface area contributed by atoms with Crippen molar-refractivity contribution in [1.82, 2.24) is 0 Å². The van der Waals surface area contributed by atoms with Gasteiger partial charge in [-0.25, -0.2) is 4.79 Å². The quantitative estimate of drug-likeness (QED) is 0.505. The monoisotopic (exact) mass is 236 g/mol. The van der Waals surface area contributed by atoms with Crippen LogP contribution in [0.5, 0.6) is 5.75 Å². The normalized spacial score (nSPS) is 9.00. The van der Waals surface area contributed by atoms with Crippen LogP contribution in [0.3, 0.4) is 0 Å². The van der Waals surface area contributed by atoms with Crippen molar-refractivity contribution in [3.05, 3.63) is 42.0 Å². The van der Waals surface area contributed by atoms with Crippen LogP contribution in [0.15, 0.2) is 36.4 Å². The number of rotatable bonds is 1. The standard InChI is InChI=1S/C11H8O3.2Na.2H/c12-10-6-8-4-2-1-3-7(8)5-9(10)11(13)14;;;;/h1-6,12H,(H,13,14);;;;/q;2*+1;2*-1. The minimum Gasteiger partial charge on any atom is -1.00 e. The molecule has 0 unspecified atom stereocenters. The van der Waals surface area contributed by atoms with E-state index in [1.165, 1.54) is 12.1 Å². The van der Waals surface area contributed by atoms with E-state index in [0.29, 0.717) is 0 Å². The maximum Gasteiger partial charge on any atom is 1.00 e. The summed E-state index contributed by atoms with van der Waals surface area (Å²) in [6, 6.07) is 10.2. The molecule has 0 heterocycles. The number of hydrogen-bond acceptors (Lipinski definition) is 2. The Labute approximate surface area is 140 Å². The Morgan fingerprint density at radius 3 is 2.06 bits per heavy atom. The Balaban J connectivity index is -0.000000562. The summed E-state index contributed by atoms with van der Waals surface area (Å²) < 4.78 is 0. The molecule has 3 nitrogen and oxygen atoms in total.